The quantitative estimate of drug-likeness (QED) is 0.321. The zero-order valence-corrected chi connectivity index (χ0v) is 18.1. The highest BCUT2D eigenvalue weighted by Crippen LogP contribution is 2.36. The van der Waals surface area contributed by atoms with Crippen molar-refractivity contribution in [3.05, 3.63) is 81.8 Å². The van der Waals surface area contributed by atoms with Crippen molar-refractivity contribution >= 4 is 52.2 Å². The fourth-order valence-electron chi connectivity index (χ4n) is 2.69. The predicted octanol–water partition coefficient (Wildman–Crippen LogP) is 6.88. The number of rotatable bonds is 5. The van der Waals surface area contributed by atoms with Crippen LogP contribution in [0.25, 0.3) is 0 Å². The van der Waals surface area contributed by atoms with Gasteiger partial charge >= 0.3 is 12.4 Å². The van der Waals surface area contributed by atoms with Crippen molar-refractivity contribution in [3.63, 3.8) is 0 Å². The third kappa shape index (κ3) is 6.49. The Morgan fingerprint density at radius 3 is 1.94 bits per heavy atom. The van der Waals surface area contributed by atoms with E-state index in [0.717, 1.165) is 30.3 Å². The zero-order valence-electron chi connectivity index (χ0n) is 16.6. The van der Waals surface area contributed by atoms with Crippen LogP contribution >= 0.6 is 23.2 Å². The third-order valence-corrected chi connectivity index (χ3v) is 4.67. The van der Waals surface area contributed by atoms with Gasteiger partial charge in [-0.15, -0.1) is 13.2 Å². The molecule has 0 saturated heterocycles. The smallest absolute Gasteiger partial charge is 0.406 e. The summed E-state index contributed by atoms with van der Waals surface area (Å²) in [5.41, 5.74) is -0.397. The minimum absolute atomic E-state index is 0.00453. The molecule has 3 amide bonds. The minimum Gasteiger partial charge on any atom is -0.406 e. The lowest BCUT2D eigenvalue weighted by Gasteiger charge is -2.14. The van der Waals surface area contributed by atoms with Crippen molar-refractivity contribution in [2.45, 2.75) is 6.36 Å². The Labute approximate surface area is 198 Å². The van der Waals surface area contributed by atoms with E-state index in [1.54, 1.807) is 5.32 Å². The molecule has 13 heteroatoms. The van der Waals surface area contributed by atoms with Crippen LogP contribution in [-0.4, -0.2) is 18.3 Å². The second-order valence-corrected chi connectivity index (χ2v) is 7.33. The van der Waals surface area contributed by atoms with Crippen molar-refractivity contribution < 1.29 is 36.3 Å². The summed E-state index contributed by atoms with van der Waals surface area (Å²) in [7, 11) is 0. The largest absolute Gasteiger partial charge is 0.573 e. The molecule has 3 N–H and O–H groups in total. The lowest BCUT2D eigenvalue weighted by atomic mass is 10.2. The number of carbonyl (C=O) groups excluding carboxylic acids is 2. The van der Waals surface area contributed by atoms with Gasteiger partial charge in [0.25, 0.3) is 5.91 Å². The Morgan fingerprint density at radius 2 is 1.41 bits per heavy atom. The summed E-state index contributed by atoms with van der Waals surface area (Å²) in [6.07, 6.45) is -4.83. The van der Waals surface area contributed by atoms with Crippen LogP contribution in [0.3, 0.4) is 0 Å². The molecule has 0 bridgehead atoms. The monoisotopic (exact) mass is 519 g/mol. The van der Waals surface area contributed by atoms with Gasteiger partial charge in [0.1, 0.15) is 22.9 Å². The van der Waals surface area contributed by atoms with Gasteiger partial charge in [-0.1, -0.05) is 29.3 Å². The number of ether oxygens (including phenoxy) is 1. The maximum atomic E-state index is 13.7. The van der Waals surface area contributed by atoms with Gasteiger partial charge < -0.3 is 15.4 Å². The molecule has 178 valence electrons. The van der Waals surface area contributed by atoms with Crippen LogP contribution in [0, 0.1) is 11.6 Å². The molecule has 3 rings (SSSR count). The van der Waals surface area contributed by atoms with E-state index < -0.39 is 41.2 Å². The van der Waals surface area contributed by atoms with Crippen LogP contribution < -0.4 is 20.7 Å². The van der Waals surface area contributed by atoms with Crippen LogP contribution in [0.2, 0.25) is 10.0 Å². The van der Waals surface area contributed by atoms with Crippen LogP contribution in [0.1, 0.15) is 10.4 Å². The lowest BCUT2D eigenvalue weighted by molar-refractivity contribution is -0.274. The summed E-state index contributed by atoms with van der Waals surface area (Å²) >= 11 is 12.3. The molecule has 0 radical (unpaired) electrons. The van der Waals surface area contributed by atoms with Crippen LogP contribution in [-0.2, 0) is 0 Å². The first-order valence-corrected chi connectivity index (χ1v) is 9.87. The molecule has 0 atom stereocenters. The SMILES string of the molecule is O=C(NC(=O)c1c(F)cccc1F)Nc1cc(Cl)c(Nc2ccc(OC(F)(F)F)cc2)c(Cl)c1. The van der Waals surface area contributed by atoms with E-state index in [1.165, 1.54) is 24.3 Å². The minimum atomic E-state index is -4.83. The third-order valence-electron chi connectivity index (χ3n) is 4.07. The lowest BCUT2D eigenvalue weighted by Crippen LogP contribution is -2.35. The fraction of sp³-hybridized carbons (Fsp3) is 0.0476. The van der Waals surface area contributed by atoms with Crippen LogP contribution in [0.5, 0.6) is 5.75 Å². The summed E-state index contributed by atoms with van der Waals surface area (Å²) in [5.74, 6) is -4.03. The normalized spacial score (nSPS) is 11.0. The standard InChI is InChI=1S/C21H12Cl2F5N3O3/c22-13-8-11(30-20(33)31-19(32)17-15(24)2-1-3-16(17)25)9-14(23)18(13)29-10-4-6-12(7-5-10)34-21(26,27)28/h1-9,29H,(H2,30,31,32,33). The second-order valence-electron chi connectivity index (χ2n) is 6.52. The molecule has 0 spiro atoms. The van der Waals surface area contributed by atoms with E-state index in [0.29, 0.717) is 5.69 Å². The first kappa shape index (κ1) is 25.1. The molecular weight excluding hydrogens is 508 g/mol. The number of amides is 3. The predicted molar refractivity (Wildman–Crippen MR) is 116 cm³/mol. The second kappa shape index (κ2) is 10.1. The molecule has 0 fully saturated rings. The van der Waals surface area contributed by atoms with Gasteiger partial charge in [-0.3, -0.25) is 10.1 Å². The number of urea groups is 1. The van der Waals surface area contributed by atoms with E-state index in [2.05, 4.69) is 15.4 Å². The zero-order chi connectivity index (χ0) is 25.0. The molecule has 0 aromatic heterocycles. The van der Waals surface area contributed by atoms with Crippen molar-refractivity contribution in [1.29, 1.82) is 0 Å². The summed E-state index contributed by atoms with van der Waals surface area (Å²) in [5, 5.41) is 6.85. The van der Waals surface area contributed by atoms with Crippen LogP contribution in [0.4, 0.5) is 43.8 Å². The molecular formula is C21H12Cl2F5N3O3. The Morgan fingerprint density at radius 1 is 0.853 bits per heavy atom. The molecule has 0 aliphatic rings. The molecule has 0 aliphatic carbocycles. The number of halogens is 7. The van der Waals surface area contributed by atoms with E-state index in [9.17, 15) is 31.5 Å². The number of imide groups is 1. The first-order chi connectivity index (χ1) is 15.9. The Bertz CT molecular complexity index is 1190. The van der Waals surface area contributed by atoms with E-state index in [-0.39, 0.29) is 21.4 Å². The van der Waals surface area contributed by atoms with Crippen molar-refractivity contribution in [3.8, 4) is 5.75 Å². The number of hydrogen-bond donors (Lipinski definition) is 3. The average molecular weight is 520 g/mol. The molecule has 0 heterocycles. The Hall–Kier alpha value is -3.57. The van der Waals surface area contributed by atoms with Crippen LogP contribution in [0.15, 0.2) is 54.6 Å². The van der Waals surface area contributed by atoms with Gasteiger partial charge in [0.05, 0.1) is 15.7 Å². The number of anilines is 3. The number of benzene rings is 3. The topological polar surface area (TPSA) is 79.5 Å². The summed E-state index contributed by atoms with van der Waals surface area (Å²) in [6.45, 7) is 0. The molecule has 3 aromatic carbocycles. The van der Waals surface area contributed by atoms with Gasteiger partial charge in [-0.25, -0.2) is 13.6 Å². The number of alkyl halides is 3. The summed E-state index contributed by atoms with van der Waals surface area (Å²) in [6, 6.07) is 8.92. The van der Waals surface area contributed by atoms with Crippen molar-refractivity contribution in [2.75, 3.05) is 10.6 Å². The average Bonchev–Trinajstić information content (AvgIpc) is 2.70. The summed E-state index contributed by atoms with van der Waals surface area (Å²) in [4.78, 5) is 24.1. The number of hydrogen-bond acceptors (Lipinski definition) is 4. The van der Waals surface area contributed by atoms with Crippen molar-refractivity contribution in [1.82, 2.24) is 5.32 Å². The highest BCUT2D eigenvalue weighted by molar-refractivity contribution is 6.39. The van der Waals surface area contributed by atoms with Gasteiger partial charge in [-0.05, 0) is 48.5 Å². The van der Waals surface area contributed by atoms with E-state index >= 15 is 0 Å². The van der Waals surface area contributed by atoms with Gasteiger partial charge in [-0.2, -0.15) is 0 Å². The van der Waals surface area contributed by atoms with E-state index in [4.69, 9.17) is 23.2 Å². The Balaban J connectivity index is 1.68. The highest BCUT2D eigenvalue weighted by Gasteiger charge is 2.31. The molecule has 6 nitrogen and oxygen atoms in total. The Kier molecular flexibility index (Phi) is 7.48. The maximum absolute atomic E-state index is 13.7. The number of carbonyl (C=O) groups is 2. The van der Waals surface area contributed by atoms with Crippen molar-refractivity contribution in [2.24, 2.45) is 0 Å². The van der Waals surface area contributed by atoms with Gasteiger partial charge in [0.2, 0.25) is 0 Å². The molecule has 0 saturated carbocycles. The molecule has 3 aromatic rings. The molecule has 0 aliphatic heterocycles. The highest BCUT2D eigenvalue weighted by atomic mass is 35.5. The maximum Gasteiger partial charge on any atom is 0.573 e. The summed E-state index contributed by atoms with van der Waals surface area (Å²) < 4.78 is 67.9. The molecule has 34 heavy (non-hydrogen) atoms. The molecule has 0 unspecified atom stereocenters. The van der Waals surface area contributed by atoms with E-state index in [1.807, 2.05) is 0 Å². The first-order valence-electron chi connectivity index (χ1n) is 9.11. The fourth-order valence-corrected chi connectivity index (χ4v) is 3.27. The van der Waals surface area contributed by atoms with Gasteiger partial charge in [0.15, 0.2) is 0 Å². The number of nitrogens with one attached hydrogen (secondary N) is 3. The van der Waals surface area contributed by atoms with Gasteiger partial charge in [0, 0.05) is 11.4 Å².